The van der Waals surface area contributed by atoms with Crippen LogP contribution in [0.4, 0.5) is 15.8 Å². The van der Waals surface area contributed by atoms with Gasteiger partial charge in [0.2, 0.25) is 11.8 Å². The van der Waals surface area contributed by atoms with Crippen LogP contribution in [0.2, 0.25) is 0 Å². The van der Waals surface area contributed by atoms with E-state index in [1.165, 1.54) is 39.3 Å². The minimum Gasteiger partial charge on any atom is -0.493 e. The van der Waals surface area contributed by atoms with Crippen LogP contribution in [0.1, 0.15) is 12.5 Å². The first-order valence-corrected chi connectivity index (χ1v) is 7.51. The third-order valence-corrected chi connectivity index (χ3v) is 3.37. The number of methoxy groups -OCH3 is 2. The SMILES string of the molecule is COc1ccc(CC(=O)Nc2cc(NC(C)=O)ccc2F)cc1OC. The van der Waals surface area contributed by atoms with Gasteiger partial charge in [-0.1, -0.05) is 6.07 Å². The Morgan fingerprint density at radius 3 is 2.36 bits per heavy atom. The lowest BCUT2D eigenvalue weighted by molar-refractivity contribution is -0.116. The van der Waals surface area contributed by atoms with Crippen LogP contribution in [-0.4, -0.2) is 26.0 Å². The monoisotopic (exact) mass is 346 g/mol. The summed E-state index contributed by atoms with van der Waals surface area (Å²) in [5.74, 6) is -0.206. The average Bonchev–Trinajstić information content (AvgIpc) is 2.57. The normalized spacial score (nSPS) is 10.1. The van der Waals surface area contributed by atoms with Gasteiger partial charge in [0, 0.05) is 12.6 Å². The van der Waals surface area contributed by atoms with E-state index in [4.69, 9.17) is 9.47 Å². The summed E-state index contributed by atoms with van der Waals surface area (Å²) in [6.07, 6.45) is 0.0319. The third kappa shape index (κ3) is 4.94. The van der Waals surface area contributed by atoms with Crippen LogP contribution in [-0.2, 0) is 16.0 Å². The van der Waals surface area contributed by atoms with Gasteiger partial charge < -0.3 is 20.1 Å². The van der Waals surface area contributed by atoms with E-state index in [9.17, 15) is 14.0 Å². The fourth-order valence-corrected chi connectivity index (χ4v) is 2.27. The summed E-state index contributed by atoms with van der Waals surface area (Å²) in [7, 11) is 3.03. The van der Waals surface area contributed by atoms with E-state index in [2.05, 4.69) is 10.6 Å². The molecule has 0 saturated heterocycles. The lowest BCUT2D eigenvalue weighted by Crippen LogP contribution is -2.16. The molecule has 0 radical (unpaired) electrons. The molecule has 0 spiro atoms. The van der Waals surface area contributed by atoms with Crippen LogP contribution in [0.3, 0.4) is 0 Å². The summed E-state index contributed by atoms with van der Waals surface area (Å²) in [4.78, 5) is 23.3. The Kier molecular flexibility index (Phi) is 5.94. The zero-order valence-corrected chi connectivity index (χ0v) is 14.2. The Morgan fingerprint density at radius 2 is 1.72 bits per heavy atom. The van der Waals surface area contributed by atoms with Gasteiger partial charge in [-0.15, -0.1) is 0 Å². The number of amides is 2. The molecule has 0 heterocycles. The zero-order valence-electron chi connectivity index (χ0n) is 14.2. The quantitative estimate of drug-likeness (QED) is 0.843. The topological polar surface area (TPSA) is 76.7 Å². The van der Waals surface area contributed by atoms with Gasteiger partial charge in [-0.3, -0.25) is 9.59 Å². The van der Waals surface area contributed by atoms with Crippen molar-refractivity contribution in [2.75, 3.05) is 24.9 Å². The number of rotatable bonds is 6. The standard InChI is InChI=1S/C18H19FN2O4/c1-11(22)20-13-5-6-14(19)15(10-13)21-18(23)9-12-4-7-16(24-2)17(8-12)25-3/h4-8,10H,9H2,1-3H3,(H,20,22)(H,21,23). The van der Waals surface area contributed by atoms with Crippen molar-refractivity contribution in [1.29, 1.82) is 0 Å². The number of ether oxygens (including phenoxy) is 2. The van der Waals surface area contributed by atoms with Crippen LogP contribution in [0, 0.1) is 5.82 Å². The Labute approximate surface area is 144 Å². The minimum atomic E-state index is -0.588. The molecule has 0 aliphatic carbocycles. The van der Waals surface area contributed by atoms with Crippen molar-refractivity contribution >= 4 is 23.2 Å². The number of carbonyl (C=O) groups excluding carboxylic acids is 2. The smallest absolute Gasteiger partial charge is 0.228 e. The van der Waals surface area contributed by atoms with E-state index in [-0.39, 0.29) is 18.0 Å². The highest BCUT2D eigenvalue weighted by Crippen LogP contribution is 2.28. The lowest BCUT2D eigenvalue weighted by atomic mass is 10.1. The molecule has 0 atom stereocenters. The van der Waals surface area contributed by atoms with Crippen molar-refractivity contribution < 1.29 is 23.5 Å². The summed E-state index contributed by atoms with van der Waals surface area (Å²) in [6.45, 7) is 1.35. The second-order valence-electron chi connectivity index (χ2n) is 5.29. The molecular formula is C18H19FN2O4. The second kappa shape index (κ2) is 8.14. The molecule has 0 aliphatic rings. The van der Waals surface area contributed by atoms with Crippen molar-refractivity contribution in [3.63, 3.8) is 0 Å². The molecule has 7 heteroatoms. The lowest BCUT2D eigenvalue weighted by Gasteiger charge is -2.11. The van der Waals surface area contributed by atoms with Crippen molar-refractivity contribution in [2.24, 2.45) is 0 Å². The number of hydrogen-bond acceptors (Lipinski definition) is 4. The fourth-order valence-electron chi connectivity index (χ4n) is 2.27. The van der Waals surface area contributed by atoms with Crippen LogP contribution in [0.15, 0.2) is 36.4 Å². The number of carbonyl (C=O) groups is 2. The van der Waals surface area contributed by atoms with Crippen molar-refractivity contribution in [3.05, 3.63) is 47.8 Å². The predicted molar refractivity (Wildman–Crippen MR) is 92.6 cm³/mol. The second-order valence-corrected chi connectivity index (χ2v) is 5.29. The van der Waals surface area contributed by atoms with E-state index >= 15 is 0 Å². The van der Waals surface area contributed by atoms with E-state index in [0.717, 1.165) is 0 Å². The van der Waals surface area contributed by atoms with Crippen LogP contribution >= 0.6 is 0 Å². The van der Waals surface area contributed by atoms with Crippen LogP contribution in [0.5, 0.6) is 11.5 Å². The first-order chi connectivity index (χ1) is 11.9. The summed E-state index contributed by atoms with van der Waals surface area (Å²) in [6, 6.07) is 9.06. The molecule has 0 aliphatic heterocycles. The summed E-state index contributed by atoms with van der Waals surface area (Å²) >= 11 is 0. The first kappa shape index (κ1) is 18.3. The maximum Gasteiger partial charge on any atom is 0.228 e. The number of benzene rings is 2. The largest absolute Gasteiger partial charge is 0.493 e. The molecule has 0 saturated carbocycles. The van der Waals surface area contributed by atoms with Gasteiger partial charge in [0.25, 0.3) is 0 Å². The molecule has 0 unspecified atom stereocenters. The number of anilines is 2. The van der Waals surface area contributed by atoms with Gasteiger partial charge >= 0.3 is 0 Å². The van der Waals surface area contributed by atoms with Gasteiger partial charge in [-0.05, 0) is 35.9 Å². The summed E-state index contributed by atoms with van der Waals surface area (Å²) in [5, 5.41) is 5.04. The molecule has 2 N–H and O–H groups in total. The third-order valence-electron chi connectivity index (χ3n) is 3.37. The highest BCUT2D eigenvalue weighted by atomic mass is 19.1. The maximum absolute atomic E-state index is 13.9. The number of nitrogens with one attached hydrogen (secondary N) is 2. The van der Waals surface area contributed by atoms with Crippen molar-refractivity contribution in [2.45, 2.75) is 13.3 Å². The van der Waals surface area contributed by atoms with E-state index in [1.54, 1.807) is 18.2 Å². The minimum absolute atomic E-state index is 0.00303. The molecule has 0 bridgehead atoms. The van der Waals surface area contributed by atoms with Gasteiger partial charge in [0.05, 0.1) is 26.3 Å². The molecule has 0 aromatic heterocycles. The van der Waals surface area contributed by atoms with Crippen molar-refractivity contribution in [1.82, 2.24) is 0 Å². The molecule has 2 aromatic carbocycles. The van der Waals surface area contributed by atoms with Gasteiger partial charge in [0.1, 0.15) is 5.82 Å². The molecule has 6 nitrogen and oxygen atoms in total. The molecule has 25 heavy (non-hydrogen) atoms. The van der Waals surface area contributed by atoms with Crippen molar-refractivity contribution in [3.8, 4) is 11.5 Å². The number of halogens is 1. The van der Waals surface area contributed by atoms with Gasteiger partial charge in [0.15, 0.2) is 11.5 Å². The van der Waals surface area contributed by atoms with Gasteiger partial charge in [-0.25, -0.2) is 4.39 Å². The van der Waals surface area contributed by atoms with Gasteiger partial charge in [-0.2, -0.15) is 0 Å². The molecule has 0 fully saturated rings. The molecule has 2 rings (SSSR count). The number of hydrogen-bond donors (Lipinski definition) is 2. The average molecular weight is 346 g/mol. The first-order valence-electron chi connectivity index (χ1n) is 7.51. The predicted octanol–water partition coefficient (Wildman–Crippen LogP) is 2.98. The summed E-state index contributed by atoms with van der Waals surface area (Å²) < 4.78 is 24.2. The van der Waals surface area contributed by atoms with E-state index in [1.807, 2.05) is 0 Å². The van der Waals surface area contributed by atoms with Crippen LogP contribution in [0.25, 0.3) is 0 Å². The van der Waals surface area contributed by atoms with E-state index in [0.29, 0.717) is 22.7 Å². The Morgan fingerprint density at radius 1 is 1.00 bits per heavy atom. The molecule has 2 aromatic rings. The van der Waals surface area contributed by atoms with E-state index < -0.39 is 11.7 Å². The zero-order chi connectivity index (χ0) is 18.4. The Bertz CT molecular complexity index is 793. The molecule has 132 valence electrons. The highest BCUT2D eigenvalue weighted by Gasteiger charge is 2.11. The maximum atomic E-state index is 13.9. The van der Waals surface area contributed by atoms with Crippen LogP contribution < -0.4 is 20.1 Å². The molecule has 2 amide bonds. The Hall–Kier alpha value is -3.09. The highest BCUT2D eigenvalue weighted by molar-refractivity contribution is 5.94. The fraction of sp³-hybridized carbons (Fsp3) is 0.222. The summed E-state index contributed by atoms with van der Waals surface area (Å²) in [5.41, 5.74) is 1.08. The Balaban J connectivity index is 2.11. The molecular weight excluding hydrogens is 327 g/mol.